The number of primary amides is 1. The van der Waals surface area contributed by atoms with Crippen molar-refractivity contribution < 1.29 is 19.1 Å². The normalized spacial score (nSPS) is 20.3. The molecule has 1 fully saturated rings. The number of halogens is 1. The summed E-state index contributed by atoms with van der Waals surface area (Å²) in [6.45, 7) is 8.92. The number of piperidine rings is 1. The third kappa shape index (κ3) is 7.23. The third-order valence-corrected chi connectivity index (χ3v) is 4.72. The van der Waals surface area contributed by atoms with Gasteiger partial charge in [-0.2, -0.15) is 0 Å². The van der Waals surface area contributed by atoms with E-state index >= 15 is 0 Å². The van der Waals surface area contributed by atoms with Gasteiger partial charge >= 0.3 is 0 Å². The van der Waals surface area contributed by atoms with Crippen molar-refractivity contribution in [1.82, 2.24) is 4.90 Å². The van der Waals surface area contributed by atoms with E-state index in [1.54, 1.807) is 17.0 Å². The summed E-state index contributed by atoms with van der Waals surface area (Å²) in [4.78, 5) is 25.8. The number of nitrogens with two attached hydrogens (primary N) is 1. The molecule has 158 valence electrons. The molecule has 2 amide bonds. The molecule has 0 saturated carbocycles. The first-order chi connectivity index (χ1) is 13.1. The Morgan fingerprint density at radius 3 is 2.32 bits per heavy atom. The first kappa shape index (κ1) is 24.1. The van der Waals surface area contributed by atoms with Gasteiger partial charge in [0, 0.05) is 18.9 Å². The fraction of sp³-hybridized carbons (Fsp3) is 0.636. The fourth-order valence-corrected chi connectivity index (χ4v) is 3.56. The van der Waals surface area contributed by atoms with Gasteiger partial charge in [0.1, 0.15) is 11.4 Å². The standard InChI is InChI=1S/C19H27FN2O3.C3H8/c1-13(2)10-14(11-17(21)23)18(24)22-9-3-8-19(25,12-22)15-4-6-16(20)7-5-15;1-3-2/h4-7,13-14,25H,3,8-12H2,1-2H3,(H2,21,23);3H2,1-2H3. The van der Waals surface area contributed by atoms with Gasteiger partial charge in [-0.05, 0) is 42.9 Å². The van der Waals surface area contributed by atoms with Crippen LogP contribution in [-0.4, -0.2) is 34.9 Å². The van der Waals surface area contributed by atoms with Crippen molar-refractivity contribution in [3.05, 3.63) is 35.6 Å². The molecular formula is C22H35FN2O3. The number of nitrogens with zero attached hydrogens (tertiary/aromatic N) is 1. The second-order valence-electron chi connectivity index (χ2n) is 8.11. The molecule has 0 spiro atoms. The minimum Gasteiger partial charge on any atom is -0.383 e. The number of β-amino-alcohol motifs (C(OH)–C–C–N with tert-alkyl or cyclic N) is 1. The molecule has 0 bridgehead atoms. The third-order valence-electron chi connectivity index (χ3n) is 4.72. The summed E-state index contributed by atoms with van der Waals surface area (Å²) in [5.74, 6) is -1.21. The molecule has 2 unspecified atom stereocenters. The fourth-order valence-electron chi connectivity index (χ4n) is 3.56. The van der Waals surface area contributed by atoms with Crippen molar-refractivity contribution in [1.29, 1.82) is 0 Å². The molecule has 0 aromatic heterocycles. The lowest BCUT2D eigenvalue weighted by atomic mass is 9.84. The zero-order chi connectivity index (χ0) is 21.3. The van der Waals surface area contributed by atoms with Crippen LogP contribution < -0.4 is 5.73 Å². The van der Waals surface area contributed by atoms with Crippen LogP contribution >= 0.6 is 0 Å². The van der Waals surface area contributed by atoms with Crippen molar-refractivity contribution in [3.63, 3.8) is 0 Å². The molecular weight excluding hydrogens is 359 g/mol. The van der Waals surface area contributed by atoms with Gasteiger partial charge in [-0.25, -0.2) is 4.39 Å². The predicted molar refractivity (Wildman–Crippen MR) is 109 cm³/mol. The molecule has 1 heterocycles. The summed E-state index contributed by atoms with van der Waals surface area (Å²) in [6, 6.07) is 5.72. The van der Waals surface area contributed by atoms with Crippen LogP contribution in [0.15, 0.2) is 24.3 Å². The zero-order valence-corrected chi connectivity index (χ0v) is 17.6. The Balaban J connectivity index is 0.00000122. The second kappa shape index (κ2) is 11.1. The maximum absolute atomic E-state index is 13.1. The lowest BCUT2D eigenvalue weighted by molar-refractivity contribution is -0.145. The van der Waals surface area contributed by atoms with Crippen LogP contribution in [0.2, 0.25) is 0 Å². The molecule has 0 radical (unpaired) electrons. The molecule has 0 aliphatic carbocycles. The highest BCUT2D eigenvalue weighted by molar-refractivity contribution is 5.85. The van der Waals surface area contributed by atoms with Crippen molar-refractivity contribution in [2.75, 3.05) is 13.1 Å². The average Bonchev–Trinajstić information content (AvgIpc) is 2.61. The van der Waals surface area contributed by atoms with E-state index < -0.39 is 17.4 Å². The summed E-state index contributed by atoms with van der Waals surface area (Å²) < 4.78 is 13.1. The summed E-state index contributed by atoms with van der Waals surface area (Å²) in [7, 11) is 0. The highest BCUT2D eigenvalue weighted by atomic mass is 19.1. The molecule has 1 saturated heterocycles. The van der Waals surface area contributed by atoms with Crippen LogP contribution in [0.1, 0.15) is 65.4 Å². The lowest BCUT2D eigenvalue weighted by Crippen LogP contribution is -2.50. The quantitative estimate of drug-likeness (QED) is 0.773. The number of hydrogen-bond acceptors (Lipinski definition) is 3. The van der Waals surface area contributed by atoms with E-state index in [-0.39, 0.29) is 30.6 Å². The van der Waals surface area contributed by atoms with Gasteiger partial charge in [0.15, 0.2) is 0 Å². The van der Waals surface area contributed by atoms with E-state index in [1.165, 1.54) is 18.6 Å². The molecule has 6 heteroatoms. The van der Waals surface area contributed by atoms with Gasteiger partial charge in [0.25, 0.3) is 0 Å². The maximum Gasteiger partial charge on any atom is 0.226 e. The topological polar surface area (TPSA) is 83.6 Å². The average molecular weight is 395 g/mol. The summed E-state index contributed by atoms with van der Waals surface area (Å²) in [6.07, 6.45) is 2.99. The molecule has 3 N–H and O–H groups in total. The van der Waals surface area contributed by atoms with E-state index in [1.807, 2.05) is 13.8 Å². The van der Waals surface area contributed by atoms with Crippen molar-refractivity contribution >= 4 is 11.8 Å². The number of benzene rings is 1. The summed E-state index contributed by atoms with van der Waals surface area (Å²) >= 11 is 0. The number of hydrogen-bond donors (Lipinski definition) is 2. The van der Waals surface area contributed by atoms with E-state index in [0.29, 0.717) is 31.4 Å². The van der Waals surface area contributed by atoms with E-state index in [0.717, 1.165) is 0 Å². The molecule has 1 aromatic rings. The van der Waals surface area contributed by atoms with Gasteiger partial charge < -0.3 is 15.7 Å². The van der Waals surface area contributed by atoms with E-state index in [2.05, 4.69) is 13.8 Å². The number of likely N-dealkylation sites (tertiary alicyclic amines) is 1. The van der Waals surface area contributed by atoms with Crippen LogP contribution in [0.3, 0.4) is 0 Å². The number of aliphatic hydroxyl groups is 1. The number of amides is 2. The van der Waals surface area contributed by atoms with Gasteiger partial charge in [0.2, 0.25) is 11.8 Å². The van der Waals surface area contributed by atoms with E-state index in [4.69, 9.17) is 5.73 Å². The highest BCUT2D eigenvalue weighted by Gasteiger charge is 2.38. The number of carbonyl (C=O) groups is 2. The minimum absolute atomic E-state index is 0.0164. The molecule has 28 heavy (non-hydrogen) atoms. The SMILES string of the molecule is CC(C)CC(CC(N)=O)C(=O)N1CCCC(O)(c2ccc(F)cc2)C1.CCC. The first-order valence-electron chi connectivity index (χ1n) is 10.2. The van der Waals surface area contributed by atoms with Crippen LogP contribution in [0.25, 0.3) is 0 Å². The highest BCUT2D eigenvalue weighted by Crippen LogP contribution is 2.33. The Kier molecular flexibility index (Phi) is 9.59. The van der Waals surface area contributed by atoms with Crippen LogP contribution in [0, 0.1) is 17.7 Å². The van der Waals surface area contributed by atoms with Gasteiger partial charge in [-0.15, -0.1) is 0 Å². The van der Waals surface area contributed by atoms with Crippen LogP contribution in [0.4, 0.5) is 4.39 Å². The van der Waals surface area contributed by atoms with E-state index in [9.17, 15) is 19.1 Å². The van der Waals surface area contributed by atoms with Crippen molar-refractivity contribution in [2.45, 2.75) is 65.4 Å². The molecule has 1 aromatic carbocycles. The Labute approximate surface area is 168 Å². The van der Waals surface area contributed by atoms with Gasteiger partial charge in [-0.3, -0.25) is 9.59 Å². The molecule has 1 aliphatic heterocycles. The Morgan fingerprint density at radius 1 is 1.25 bits per heavy atom. The summed E-state index contributed by atoms with van der Waals surface area (Å²) in [5.41, 5.74) is 4.70. The number of rotatable bonds is 6. The van der Waals surface area contributed by atoms with Crippen LogP contribution in [-0.2, 0) is 15.2 Å². The minimum atomic E-state index is -1.20. The second-order valence-corrected chi connectivity index (χ2v) is 8.11. The Morgan fingerprint density at radius 2 is 1.82 bits per heavy atom. The van der Waals surface area contributed by atoms with Crippen LogP contribution in [0.5, 0.6) is 0 Å². The van der Waals surface area contributed by atoms with Gasteiger partial charge in [-0.1, -0.05) is 46.2 Å². The summed E-state index contributed by atoms with van der Waals surface area (Å²) in [5, 5.41) is 11.0. The lowest BCUT2D eigenvalue weighted by Gasteiger charge is -2.41. The smallest absolute Gasteiger partial charge is 0.226 e. The monoisotopic (exact) mass is 394 g/mol. The Bertz CT molecular complexity index is 633. The van der Waals surface area contributed by atoms with Crippen molar-refractivity contribution in [2.24, 2.45) is 17.6 Å². The zero-order valence-electron chi connectivity index (χ0n) is 17.6. The maximum atomic E-state index is 13.1. The molecule has 2 rings (SSSR count). The molecule has 2 atom stereocenters. The molecule has 1 aliphatic rings. The predicted octanol–water partition coefficient (Wildman–Crippen LogP) is 3.59. The largest absolute Gasteiger partial charge is 0.383 e. The number of carbonyl (C=O) groups excluding carboxylic acids is 2. The Hall–Kier alpha value is -1.95. The van der Waals surface area contributed by atoms with Crippen molar-refractivity contribution in [3.8, 4) is 0 Å². The first-order valence-corrected chi connectivity index (χ1v) is 10.2. The van der Waals surface area contributed by atoms with Gasteiger partial charge in [0.05, 0.1) is 6.54 Å². The molecule has 5 nitrogen and oxygen atoms in total.